The lowest BCUT2D eigenvalue weighted by Gasteiger charge is -2.20. The van der Waals surface area contributed by atoms with E-state index in [9.17, 15) is 5.11 Å². The first-order valence-corrected chi connectivity index (χ1v) is 8.17. The summed E-state index contributed by atoms with van der Waals surface area (Å²) in [6, 6.07) is 6.50. The van der Waals surface area contributed by atoms with Gasteiger partial charge < -0.3 is 10.0 Å². The molecule has 0 bridgehead atoms. The highest BCUT2D eigenvalue weighted by atomic mass is 16.3. The van der Waals surface area contributed by atoms with E-state index >= 15 is 0 Å². The van der Waals surface area contributed by atoms with Gasteiger partial charge in [-0.25, -0.2) is 0 Å². The minimum absolute atomic E-state index is 0.298. The lowest BCUT2D eigenvalue weighted by Crippen LogP contribution is -2.12. The molecule has 1 aliphatic heterocycles. The van der Waals surface area contributed by atoms with Crippen LogP contribution in [-0.2, 0) is 6.42 Å². The Hall–Kier alpha value is -1.02. The average molecular weight is 275 g/mol. The Morgan fingerprint density at radius 1 is 1.30 bits per heavy atom. The van der Waals surface area contributed by atoms with Crippen LogP contribution in [0.2, 0.25) is 0 Å². The number of hydrogen-bond acceptors (Lipinski definition) is 2. The summed E-state index contributed by atoms with van der Waals surface area (Å²) in [4.78, 5) is 2.29. The molecule has 112 valence electrons. The van der Waals surface area contributed by atoms with Gasteiger partial charge >= 0.3 is 0 Å². The minimum Gasteiger partial charge on any atom is -0.388 e. The molecule has 1 aliphatic rings. The molecule has 2 heteroatoms. The Labute approximate surface area is 123 Å². The van der Waals surface area contributed by atoms with Crippen molar-refractivity contribution >= 4 is 5.69 Å². The molecule has 2 nitrogen and oxygen atoms in total. The van der Waals surface area contributed by atoms with Gasteiger partial charge in [0.05, 0.1) is 6.10 Å². The summed E-state index contributed by atoms with van der Waals surface area (Å²) in [5.74, 6) is 0.654. The Balaban J connectivity index is 2.00. The van der Waals surface area contributed by atoms with Gasteiger partial charge in [-0.2, -0.15) is 0 Å². The van der Waals surface area contributed by atoms with E-state index in [4.69, 9.17) is 0 Å². The Morgan fingerprint density at radius 3 is 2.80 bits per heavy atom. The van der Waals surface area contributed by atoms with Crippen molar-refractivity contribution in [1.29, 1.82) is 0 Å². The summed E-state index contributed by atoms with van der Waals surface area (Å²) in [6.45, 7) is 5.58. The second-order valence-electron chi connectivity index (χ2n) is 6.23. The van der Waals surface area contributed by atoms with E-state index in [1.54, 1.807) is 0 Å². The first-order chi connectivity index (χ1) is 9.65. The zero-order valence-electron chi connectivity index (χ0n) is 13.2. The van der Waals surface area contributed by atoms with E-state index in [2.05, 4.69) is 44.0 Å². The van der Waals surface area contributed by atoms with Gasteiger partial charge in [0.25, 0.3) is 0 Å². The Kier molecular flexibility index (Phi) is 5.47. The highest BCUT2D eigenvalue weighted by Gasteiger charge is 2.19. The van der Waals surface area contributed by atoms with E-state index in [0.717, 1.165) is 24.9 Å². The molecular weight excluding hydrogens is 246 g/mol. The van der Waals surface area contributed by atoms with E-state index in [1.807, 2.05) is 0 Å². The van der Waals surface area contributed by atoms with Crippen molar-refractivity contribution in [3.63, 3.8) is 0 Å². The second-order valence-corrected chi connectivity index (χ2v) is 6.23. The van der Waals surface area contributed by atoms with Crippen LogP contribution in [-0.4, -0.2) is 18.7 Å². The fourth-order valence-electron chi connectivity index (χ4n) is 3.23. The highest BCUT2D eigenvalue weighted by molar-refractivity contribution is 5.58. The average Bonchev–Trinajstić information content (AvgIpc) is 2.84. The number of likely N-dealkylation sites (N-methyl/N-ethyl adjacent to an activating group) is 1. The van der Waals surface area contributed by atoms with Crippen LogP contribution < -0.4 is 4.90 Å². The number of hydrogen-bond donors (Lipinski definition) is 1. The SMILES string of the molecule is CCCCC(CC)CC(O)c1ccc2c(c1)CCN2C. The van der Waals surface area contributed by atoms with E-state index in [1.165, 1.54) is 36.9 Å². The number of fused-ring (bicyclic) bond motifs is 1. The number of aliphatic hydroxyl groups is 1. The molecule has 1 aromatic carbocycles. The maximum atomic E-state index is 10.5. The molecule has 0 saturated carbocycles. The number of nitrogens with zero attached hydrogens (tertiary/aromatic N) is 1. The minimum atomic E-state index is -0.298. The van der Waals surface area contributed by atoms with Crippen molar-refractivity contribution in [2.45, 2.75) is 58.5 Å². The molecule has 1 N–H and O–H groups in total. The summed E-state index contributed by atoms with van der Waals surface area (Å²) < 4.78 is 0. The zero-order valence-corrected chi connectivity index (χ0v) is 13.2. The number of unbranched alkanes of at least 4 members (excludes halogenated alkanes) is 1. The van der Waals surface area contributed by atoms with Crippen LogP contribution in [0.1, 0.15) is 63.2 Å². The normalized spacial score (nSPS) is 17.1. The van der Waals surface area contributed by atoms with Crippen LogP contribution in [0.25, 0.3) is 0 Å². The fourth-order valence-corrected chi connectivity index (χ4v) is 3.23. The predicted molar refractivity (Wildman–Crippen MR) is 86.3 cm³/mol. The monoisotopic (exact) mass is 275 g/mol. The van der Waals surface area contributed by atoms with Gasteiger partial charge in [-0.3, -0.25) is 0 Å². The molecular formula is C18H29NO. The molecule has 2 atom stereocenters. The number of anilines is 1. The summed E-state index contributed by atoms with van der Waals surface area (Å²) >= 11 is 0. The van der Waals surface area contributed by atoms with E-state index < -0.39 is 0 Å². The van der Waals surface area contributed by atoms with Gasteiger partial charge in [0.15, 0.2) is 0 Å². The molecule has 20 heavy (non-hydrogen) atoms. The molecule has 0 fully saturated rings. The van der Waals surface area contributed by atoms with Crippen LogP contribution in [0, 0.1) is 5.92 Å². The summed E-state index contributed by atoms with van der Waals surface area (Å²) in [7, 11) is 2.14. The molecule has 1 heterocycles. The summed E-state index contributed by atoms with van der Waals surface area (Å²) in [5.41, 5.74) is 3.83. The van der Waals surface area contributed by atoms with Crippen molar-refractivity contribution < 1.29 is 5.11 Å². The smallest absolute Gasteiger partial charge is 0.0792 e. The maximum absolute atomic E-state index is 10.5. The maximum Gasteiger partial charge on any atom is 0.0792 e. The van der Waals surface area contributed by atoms with Crippen LogP contribution in [0.5, 0.6) is 0 Å². The fraction of sp³-hybridized carbons (Fsp3) is 0.667. The lowest BCUT2D eigenvalue weighted by atomic mass is 9.90. The summed E-state index contributed by atoms with van der Waals surface area (Å²) in [6.07, 6.45) is 6.67. The van der Waals surface area contributed by atoms with Gasteiger partial charge in [-0.05, 0) is 36.0 Å². The lowest BCUT2D eigenvalue weighted by molar-refractivity contribution is 0.139. The third-order valence-electron chi connectivity index (χ3n) is 4.72. The molecule has 0 aliphatic carbocycles. The molecule has 0 saturated heterocycles. The molecule has 2 rings (SSSR count). The molecule has 0 spiro atoms. The number of benzene rings is 1. The van der Waals surface area contributed by atoms with Crippen LogP contribution >= 0.6 is 0 Å². The van der Waals surface area contributed by atoms with Crippen molar-refractivity contribution in [2.75, 3.05) is 18.5 Å². The van der Waals surface area contributed by atoms with Gasteiger partial charge in [-0.15, -0.1) is 0 Å². The first-order valence-electron chi connectivity index (χ1n) is 8.17. The molecule has 0 amide bonds. The second kappa shape index (κ2) is 7.12. The van der Waals surface area contributed by atoms with E-state index in [0.29, 0.717) is 5.92 Å². The van der Waals surface area contributed by atoms with Crippen LogP contribution in [0.4, 0.5) is 5.69 Å². The van der Waals surface area contributed by atoms with Gasteiger partial charge in [-0.1, -0.05) is 51.7 Å². The Bertz CT molecular complexity index is 429. The number of aliphatic hydroxyl groups excluding tert-OH is 1. The zero-order chi connectivity index (χ0) is 14.5. The molecule has 0 radical (unpaired) electrons. The van der Waals surface area contributed by atoms with Gasteiger partial charge in [0, 0.05) is 19.3 Å². The largest absolute Gasteiger partial charge is 0.388 e. The third kappa shape index (κ3) is 3.54. The molecule has 1 aromatic rings. The van der Waals surface area contributed by atoms with E-state index in [-0.39, 0.29) is 6.10 Å². The topological polar surface area (TPSA) is 23.5 Å². The van der Waals surface area contributed by atoms with Crippen molar-refractivity contribution in [1.82, 2.24) is 0 Å². The number of rotatable bonds is 7. The van der Waals surface area contributed by atoms with Crippen LogP contribution in [0.3, 0.4) is 0 Å². The summed E-state index contributed by atoms with van der Waals surface area (Å²) in [5, 5.41) is 10.5. The highest BCUT2D eigenvalue weighted by Crippen LogP contribution is 2.32. The first kappa shape index (κ1) is 15.4. The molecule has 0 aromatic heterocycles. The van der Waals surface area contributed by atoms with Crippen molar-refractivity contribution in [2.24, 2.45) is 5.92 Å². The van der Waals surface area contributed by atoms with Crippen molar-refractivity contribution in [3.05, 3.63) is 29.3 Å². The molecule has 2 unspecified atom stereocenters. The quantitative estimate of drug-likeness (QED) is 0.801. The Morgan fingerprint density at radius 2 is 2.10 bits per heavy atom. The van der Waals surface area contributed by atoms with Crippen LogP contribution in [0.15, 0.2) is 18.2 Å². The van der Waals surface area contributed by atoms with Gasteiger partial charge in [0.2, 0.25) is 0 Å². The van der Waals surface area contributed by atoms with Gasteiger partial charge in [0.1, 0.15) is 0 Å². The standard InChI is InChI=1S/C18H29NO/c1-4-6-7-14(5-2)12-18(20)16-8-9-17-15(13-16)10-11-19(17)3/h8-9,13-14,18,20H,4-7,10-12H2,1-3H3. The predicted octanol–water partition coefficient (Wildman–Crippen LogP) is 4.32. The third-order valence-corrected chi connectivity index (χ3v) is 4.72. The van der Waals surface area contributed by atoms with Crippen molar-refractivity contribution in [3.8, 4) is 0 Å².